The summed E-state index contributed by atoms with van der Waals surface area (Å²) in [5, 5.41) is 11.0. The number of unbranched alkanes of at least 4 members (excludes halogenated alkanes) is 16. The summed E-state index contributed by atoms with van der Waals surface area (Å²) in [6, 6.07) is 0. The van der Waals surface area contributed by atoms with Gasteiger partial charge in [-0.3, -0.25) is 4.90 Å². The Balaban J connectivity index is 0. The molecule has 0 saturated heterocycles. The quantitative estimate of drug-likeness (QED) is 0.211. The maximum Gasteiger partial charge on any atom is 1.00 e. The number of carbonyl (C=O) groups excluding carboxylic acids is 1. The fourth-order valence-corrected chi connectivity index (χ4v) is 3.74. The fourth-order valence-electron chi connectivity index (χ4n) is 3.74. The molecule has 28 heavy (non-hydrogen) atoms. The zero-order chi connectivity index (χ0) is 20.0. The Hall–Kier alpha value is 0.0274. The predicted octanol–water partition coefficient (Wildman–Crippen LogP) is 3.10. The van der Waals surface area contributed by atoms with Crippen molar-refractivity contribution in [2.24, 2.45) is 0 Å². The van der Waals surface area contributed by atoms with E-state index < -0.39 is 5.97 Å². The van der Waals surface area contributed by atoms with Crippen LogP contribution in [0.5, 0.6) is 0 Å². The van der Waals surface area contributed by atoms with Gasteiger partial charge in [-0.25, -0.2) is 0 Å². The molecule has 0 amide bonds. The Kier molecular flexibility index (Phi) is 27.1. The smallest absolute Gasteiger partial charge is 0.549 e. The van der Waals surface area contributed by atoms with Gasteiger partial charge < -0.3 is 9.90 Å². The topological polar surface area (TPSA) is 43.4 Å². The minimum Gasteiger partial charge on any atom is -0.549 e. The van der Waals surface area contributed by atoms with Gasteiger partial charge in [-0.1, -0.05) is 117 Å². The maximum absolute atomic E-state index is 11.0. The normalized spacial score (nSPS) is 11.0. The zero-order valence-electron chi connectivity index (χ0n) is 19.6. The summed E-state index contributed by atoms with van der Waals surface area (Å²) >= 11 is 0. The third-order valence-electron chi connectivity index (χ3n) is 5.51. The van der Waals surface area contributed by atoms with E-state index in [1.807, 2.05) is 0 Å². The number of rotatable bonds is 22. The monoisotopic (exact) mass is 389 g/mol. The number of carboxylic acid groups (broad SMARTS) is 1. The van der Waals surface area contributed by atoms with Crippen LogP contribution >= 0.6 is 0 Å². The molecule has 0 unspecified atom stereocenters. The van der Waals surface area contributed by atoms with E-state index in [2.05, 4.69) is 18.7 Å². The van der Waals surface area contributed by atoms with Crippen molar-refractivity contribution in [3.63, 3.8) is 0 Å². The van der Waals surface area contributed by atoms with Crippen LogP contribution in [0.25, 0.3) is 0 Å². The van der Waals surface area contributed by atoms with Gasteiger partial charge in [0.25, 0.3) is 0 Å². The molecule has 3 nitrogen and oxygen atoms in total. The Labute approximate surface area is 188 Å². The standard InChI is InChI=1S/C24H49NO2.Li/c1-3-5-7-9-11-13-15-17-19-21-25(23-24(26)27)22-20-18-16-14-12-10-8-6-4-2;/h3-23H2,1-2H3,(H,26,27);/q;+1/p-1. The van der Waals surface area contributed by atoms with Gasteiger partial charge in [0.1, 0.15) is 0 Å². The molecule has 4 heteroatoms. The maximum atomic E-state index is 11.0. The molecule has 0 N–H and O–H groups in total. The first-order chi connectivity index (χ1) is 13.2. The van der Waals surface area contributed by atoms with Crippen LogP contribution in [-0.2, 0) is 4.79 Å². The summed E-state index contributed by atoms with van der Waals surface area (Å²) in [5.74, 6) is -0.929. The van der Waals surface area contributed by atoms with Gasteiger partial charge in [0.05, 0.1) is 5.97 Å². The number of aliphatic carboxylic acids is 1. The van der Waals surface area contributed by atoms with Crippen LogP contribution in [0.1, 0.15) is 129 Å². The first-order valence-corrected chi connectivity index (χ1v) is 12.1. The van der Waals surface area contributed by atoms with Gasteiger partial charge in [0.2, 0.25) is 0 Å². The van der Waals surface area contributed by atoms with Gasteiger partial charge >= 0.3 is 18.9 Å². The van der Waals surface area contributed by atoms with Crippen molar-refractivity contribution < 1.29 is 28.8 Å². The molecule has 0 aromatic heterocycles. The van der Waals surface area contributed by atoms with E-state index in [1.165, 1.54) is 103 Å². The molecule has 0 aromatic carbocycles. The van der Waals surface area contributed by atoms with Crippen LogP contribution in [0, 0.1) is 0 Å². The first-order valence-electron chi connectivity index (χ1n) is 12.1. The van der Waals surface area contributed by atoms with E-state index in [0.29, 0.717) is 0 Å². The third-order valence-corrected chi connectivity index (χ3v) is 5.51. The second kappa shape index (κ2) is 25.1. The van der Waals surface area contributed by atoms with Crippen molar-refractivity contribution in [3.05, 3.63) is 0 Å². The summed E-state index contributed by atoms with van der Waals surface area (Å²) in [6.07, 6.45) is 23.6. The first kappa shape index (κ1) is 30.2. The number of nitrogens with zero attached hydrogens (tertiary/aromatic N) is 1. The molecule has 0 bridgehead atoms. The molecule has 0 radical (unpaired) electrons. The van der Waals surface area contributed by atoms with Gasteiger partial charge in [0, 0.05) is 6.54 Å². The van der Waals surface area contributed by atoms with Gasteiger partial charge in [-0.15, -0.1) is 0 Å². The molecule has 0 aromatic rings. The van der Waals surface area contributed by atoms with Crippen LogP contribution in [0.3, 0.4) is 0 Å². The minimum absolute atomic E-state index is 0. The number of hydrogen-bond donors (Lipinski definition) is 0. The SMILES string of the molecule is CCCCCCCCCCCN(CCCCCCCCCCC)CC(=O)[O-].[Li+]. The Morgan fingerprint density at radius 1 is 0.571 bits per heavy atom. The molecule has 0 heterocycles. The molecule has 0 aliphatic heterocycles. The summed E-state index contributed by atoms with van der Waals surface area (Å²) in [5.41, 5.74) is 0. The fraction of sp³-hybridized carbons (Fsp3) is 0.958. The van der Waals surface area contributed by atoms with Crippen LogP contribution in [0.15, 0.2) is 0 Å². The van der Waals surface area contributed by atoms with Crippen molar-refractivity contribution in [2.45, 2.75) is 129 Å². The summed E-state index contributed by atoms with van der Waals surface area (Å²) in [6.45, 7) is 6.45. The molecule has 0 rings (SSSR count). The molecule has 0 spiro atoms. The molecule has 0 aliphatic carbocycles. The van der Waals surface area contributed by atoms with Gasteiger partial charge in [-0.05, 0) is 25.9 Å². The number of hydrogen-bond acceptors (Lipinski definition) is 3. The van der Waals surface area contributed by atoms with Crippen molar-refractivity contribution in [1.82, 2.24) is 4.90 Å². The average Bonchev–Trinajstić information content (AvgIpc) is 2.64. The molecule has 162 valence electrons. The van der Waals surface area contributed by atoms with E-state index in [4.69, 9.17) is 0 Å². The number of carboxylic acids is 1. The molecule has 0 fully saturated rings. The van der Waals surface area contributed by atoms with E-state index in [1.54, 1.807) is 0 Å². The Bertz CT molecular complexity index is 291. The Morgan fingerprint density at radius 3 is 1.14 bits per heavy atom. The van der Waals surface area contributed by atoms with Crippen molar-refractivity contribution in [2.75, 3.05) is 19.6 Å². The molecular formula is C24H48LiNO2. The molecule has 0 atom stereocenters. The number of carbonyl (C=O) groups is 1. The van der Waals surface area contributed by atoms with Crippen LogP contribution < -0.4 is 24.0 Å². The van der Waals surface area contributed by atoms with Gasteiger partial charge in [0.15, 0.2) is 0 Å². The second-order valence-corrected chi connectivity index (χ2v) is 8.31. The minimum atomic E-state index is -0.929. The van der Waals surface area contributed by atoms with E-state index in [0.717, 1.165) is 25.9 Å². The van der Waals surface area contributed by atoms with E-state index >= 15 is 0 Å². The predicted molar refractivity (Wildman–Crippen MR) is 116 cm³/mol. The molecule has 0 aliphatic rings. The molecule has 0 saturated carbocycles. The summed E-state index contributed by atoms with van der Waals surface area (Å²) < 4.78 is 0. The Morgan fingerprint density at radius 2 is 0.857 bits per heavy atom. The average molecular weight is 390 g/mol. The summed E-state index contributed by atoms with van der Waals surface area (Å²) in [4.78, 5) is 13.1. The third kappa shape index (κ3) is 24.1. The largest absolute Gasteiger partial charge is 1.00 e. The van der Waals surface area contributed by atoms with Crippen LogP contribution in [0.2, 0.25) is 0 Å². The van der Waals surface area contributed by atoms with Crippen molar-refractivity contribution in [1.29, 1.82) is 0 Å². The molecular weight excluding hydrogens is 341 g/mol. The van der Waals surface area contributed by atoms with Crippen LogP contribution in [0.4, 0.5) is 0 Å². The second-order valence-electron chi connectivity index (χ2n) is 8.31. The van der Waals surface area contributed by atoms with E-state index in [9.17, 15) is 9.90 Å². The summed E-state index contributed by atoms with van der Waals surface area (Å²) in [7, 11) is 0. The van der Waals surface area contributed by atoms with E-state index in [-0.39, 0.29) is 25.4 Å². The van der Waals surface area contributed by atoms with Gasteiger partial charge in [-0.2, -0.15) is 0 Å². The van der Waals surface area contributed by atoms with Crippen LogP contribution in [-0.4, -0.2) is 30.5 Å². The van der Waals surface area contributed by atoms with Crippen molar-refractivity contribution >= 4 is 5.97 Å². The zero-order valence-corrected chi connectivity index (χ0v) is 19.6. The van der Waals surface area contributed by atoms with Crippen molar-refractivity contribution in [3.8, 4) is 0 Å².